The lowest BCUT2D eigenvalue weighted by Crippen LogP contribution is -2.30. The van der Waals surface area contributed by atoms with Crippen LogP contribution in [0, 0.1) is 6.92 Å². The van der Waals surface area contributed by atoms with Crippen LogP contribution < -0.4 is 5.32 Å². The molecule has 98 valence electrons. The van der Waals surface area contributed by atoms with E-state index < -0.39 is 9.84 Å². The highest BCUT2D eigenvalue weighted by atomic mass is 32.2. The van der Waals surface area contributed by atoms with Gasteiger partial charge in [-0.2, -0.15) is 0 Å². The van der Waals surface area contributed by atoms with Gasteiger partial charge in [0.1, 0.15) is 0 Å². The van der Waals surface area contributed by atoms with Gasteiger partial charge in [0, 0.05) is 24.2 Å². The summed E-state index contributed by atoms with van der Waals surface area (Å²) in [6, 6.07) is 0.0820. The van der Waals surface area contributed by atoms with Crippen LogP contribution in [0.15, 0.2) is 11.6 Å². The van der Waals surface area contributed by atoms with Crippen molar-refractivity contribution in [2.24, 2.45) is 0 Å². The van der Waals surface area contributed by atoms with Gasteiger partial charge in [-0.15, -0.1) is 11.3 Å². The third kappa shape index (κ3) is 2.17. The molecule has 1 saturated heterocycles. The van der Waals surface area contributed by atoms with Crippen molar-refractivity contribution in [3.05, 3.63) is 23.0 Å². The number of rotatable bonds is 3. The summed E-state index contributed by atoms with van der Waals surface area (Å²) in [6.07, 6.45) is 2.72. The van der Waals surface area contributed by atoms with Gasteiger partial charge in [-0.1, -0.05) is 0 Å². The monoisotopic (exact) mass is 285 g/mol. The zero-order valence-corrected chi connectivity index (χ0v) is 11.7. The minimum Gasteiger partial charge on any atom is -0.307 e. The Bertz CT molecular complexity index is 672. The summed E-state index contributed by atoms with van der Waals surface area (Å²) in [5.74, 6) is 0.571. The van der Waals surface area contributed by atoms with Gasteiger partial charge in [0.15, 0.2) is 14.8 Å². The summed E-state index contributed by atoms with van der Waals surface area (Å²) in [5, 5.41) is 5.33. The number of nitrogens with zero attached hydrogens (tertiary/aromatic N) is 2. The largest absolute Gasteiger partial charge is 0.307 e. The molecule has 3 heterocycles. The lowest BCUT2D eigenvalue weighted by atomic mass is 10.2. The molecule has 1 aliphatic rings. The van der Waals surface area contributed by atoms with Crippen molar-refractivity contribution in [1.82, 2.24) is 14.7 Å². The van der Waals surface area contributed by atoms with E-state index in [0.717, 1.165) is 16.3 Å². The molecule has 0 radical (unpaired) electrons. The first-order chi connectivity index (χ1) is 8.55. The van der Waals surface area contributed by atoms with E-state index in [9.17, 15) is 8.42 Å². The predicted octanol–water partition coefficient (Wildman–Crippen LogP) is 0.981. The van der Waals surface area contributed by atoms with Gasteiger partial charge in [-0.25, -0.2) is 13.4 Å². The number of fused-ring (bicyclic) bond motifs is 1. The number of hydrogen-bond donors (Lipinski definition) is 1. The van der Waals surface area contributed by atoms with Gasteiger partial charge in [-0.3, -0.25) is 4.40 Å². The molecule has 0 amide bonds. The molecule has 0 aliphatic carbocycles. The van der Waals surface area contributed by atoms with Crippen LogP contribution in [0.3, 0.4) is 0 Å². The Labute approximate surface area is 110 Å². The van der Waals surface area contributed by atoms with E-state index in [0.29, 0.717) is 18.7 Å². The molecule has 1 atom stereocenters. The van der Waals surface area contributed by atoms with Crippen LogP contribution >= 0.6 is 11.3 Å². The van der Waals surface area contributed by atoms with Crippen molar-refractivity contribution in [2.45, 2.75) is 25.9 Å². The number of imidazole rings is 1. The lowest BCUT2D eigenvalue weighted by molar-refractivity contribution is 0.546. The van der Waals surface area contributed by atoms with Crippen LogP contribution in [-0.4, -0.2) is 35.4 Å². The van der Waals surface area contributed by atoms with Crippen LogP contribution in [0.4, 0.5) is 0 Å². The summed E-state index contributed by atoms with van der Waals surface area (Å²) in [7, 11) is -2.81. The fourth-order valence-corrected chi connectivity index (χ4v) is 4.84. The Kier molecular flexibility index (Phi) is 2.91. The number of nitrogens with one attached hydrogen (secondary N) is 1. The number of aryl methyl sites for hydroxylation is 1. The number of hydrogen-bond acceptors (Lipinski definition) is 5. The Morgan fingerprint density at radius 3 is 3.17 bits per heavy atom. The predicted molar refractivity (Wildman–Crippen MR) is 71.7 cm³/mol. The van der Waals surface area contributed by atoms with Crippen molar-refractivity contribution >= 4 is 26.1 Å². The Balaban J connectivity index is 1.73. The third-order valence-electron chi connectivity index (χ3n) is 3.35. The molecular weight excluding hydrogens is 270 g/mol. The SMILES string of the molecule is Cc1nc2sccn2c1CNC1CCS(=O)(=O)C1. The van der Waals surface area contributed by atoms with Crippen molar-refractivity contribution in [2.75, 3.05) is 11.5 Å². The summed E-state index contributed by atoms with van der Waals surface area (Å²) in [6.45, 7) is 2.66. The molecule has 1 unspecified atom stereocenters. The number of aromatic nitrogens is 2. The van der Waals surface area contributed by atoms with E-state index >= 15 is 0 Å². The maximum absolute atomic E-state index is 11.4. The molecule has 2 aromatic heterocycles. The topological polar surface area (TPSA) is 63.5 Å². The molecule has 0 bridgehead atoms. The highest BCUT2D eigenvalue weighted by molar-refractivity contribution is 7.91. The fourth-order valence-electron chi connectivity index (χ4n) is 2.35. The normalized spacial score (nSPS) is 22.8. The second-order valence-corrected chi connectivity index (χ2v) is 7.78. The van der Waals surface area contributed by atoms with Crippen LogP contribution in [0.5, 0.6) is 0 Å². The molecule has 0 saturated carbocycles. The molecule has 5 nitrogen and oxygen atoms in total. The Morgan fingerprint density at radius 2 is 2.44 bits per heavy atom. The maximum Gasteiger partial charge on any atom is 0.194 e. The summed E-state index contributed by atoms with van der Waals surface area (Å²) in [4.78, 5) is 5.46. The van der Waals surface area contributed by atoms with E-state index in [2.05, 4.69) is 14.7 Å². The molecule has 7 heteroatoms. The zero-order chi connectivity index (χ0) is 12.8. The lowest BCUT2D eigenvalue weighted by Gasteiger charge is -2.10. The van der Waals surface area contributed by atoms with Crippen LogP contribution in [0.2, 0.25) is 0 Å². The molecule has 18 heavy (non-hydrogen) atoms. The van der Waals surface area contributed by atoms with E-state index in [-0.39, 0.29) is 11.8 Å². The number of sulfone groups is 1. The van der Waals surface area contributed by atoms with E-state index in [4.69, 9.17) is 0 Å². The minimum atomic E-state index is -2.81. The second-order valence-electron chi connectivity index (χ2n) is 4.68. The summed E-state index contributed by atoms with van der Waals surface area (Å²) >= 11 is 1.61. The zero-order valence-electron chi connectivity index (χ0n) is 10.1. The molecule has 3 rings (SSSR count). The van der Waals surface area contributed by atoms with Crippen molar-refractivity contribution in [3.63, 3.8) is 0 Å². The highest BCUT2D eigenvalue weighted by Crippen LogP contribution is 2.18. The van der Waals surface area contributed by atoms with Crippen molar-refractivity contribution < 1.29 is 8.42 Å². The average Bonchev–Trinajstić information content (AvgIpc) is 2.92. The summed E-state index contributed by atoms with van der Waals surface area (Å²) in [5.41, 5.74) is 2.13. The highest BCUT2D eigenvalue weighted by Gasteiger charge is 2.27. The minimum absolute atomic E-state index is 0.0820. The third-order valence-corrected chi connectivity index (χ3v) is 5.88. The Morgan fingerprint density at radius 1 is 1.61 bits per heavy atom. The average molecular weight is 285 g/mol. The Hall–Kier alpha value is -0.920. The van der Waals surface area contributed by atoms with E-state index in [1.807, 2.05) is 18.5 Å². The molecule has 0 spiro atoms. The second kappa shape index (κ2) is 4.32. The first-order valence-corrected chi connectivity index (χ1v) is 8.60. The summed E-state index contributed by atoms with van der Waals surface area (Å²) < 4.78 is 24.8. The van der Waals surface area contributed by atoms with Crippen LogP contribution in [0.25, 0.3) is 4.96 Å². The standard InChI is InChI=1S/C11H15N3O2S2/c1-8-10(14-3-4-17-11(14)13-8)6-12-9-2-5-18(15,16)7-9/h3-4,9,12H,2,5-7H2,1H3. The molecule has 0 aromatic carbocycles. The van der Waals surface area contributed by atoms with E-state index in [1.54, 1.807) is 11.3 Å². The molecular formula is C11H15N3O2S2. The first kappa shape index (κ1) is 12.1. The van der Waals surface area contributed by atoms with Crippen molar-refractivity contribution in [3.8, 4) is 0 Å². The fraction of sp³-hybridized carbons (Fsp3) is 0.545. The van der Waals surface area contributed by atoms with Gasteiger partial charge < -0.3 is 5.32 Å². The van der Waals surface area contributed by atoms with Gasteiger partial charge in [0.2, 0.25) is 0 Å². The van der Waals surface area contributed by atoms with Gasteiger partial charge in [0.25, 0.3) is 0 Å². The maximum atomic E-state index is 11.4. The first-order valence-electron chi connectivity index (χ1n) is 5.90. The molecule has 1 fully saturated rings. The molecule has 2 aromatic rings. The van der Waals surface area contributed by atoms with Crippen molar-refractivity contribution in [1.29, 1.82) is 0 Å². The van der Waals surface area contributed by atoms with E-state index in [1.165, 1.54) is 0 Å². The number of thiazole rings is 1. The molecule has 1 N–H and O–H groups in total. The smallest absolute Gasteiger partial charge is 0.194 e. The quantitative estimate of drug-likeness (QED) is 0.913. The van der Waals surface area contributed by atoms with Gasteiger partial charge in [-0.05, 0) is 13.3 Å². The van der Waals surface area contributed by atoms with Gasteiger partial charge >= 0.3 is 0 Å². The van der Waals surface area contributed by atoms with Crippen LogP contribution in [0.1, 0.15) is 17.8 Å². The molecule has 1 aliphatic heterocycles. The van der Waals surface area contributed by atoms with Gasteiger partial charge in [0.05, 0.1) is 22.9 Å². The van der Waals surface area contributed by atoms with Crippen LogP contribution in [-0.2, 0) is 16.4 Å².